The number of aromatic nitrogens is 1. The predicted octanol–water partition coefficient (Wildman–Crippen LogP) is 2.46. The maximum absolute atomic E-state index is 12.1. The number of carbonyl (C=O) groups is 1. The average molecular weight is 218 g/mol. The van der Waals surface area contributed by atoms with Gasteiger partial charge in [0.2, 0.25) is 5.91 Å². The topological polar surface area (TPSA) is 33.2 Å². The lowest BCUT2D eigenvalue weighted by Crippen LogP contribution is -2.33. The second-order valence-corrected chi connectivity index (χ2v) is 5.28. The fourth-order valence-corrected chi connectivity index (χ4v) is 2.15. The number of anilines is 1. The second-order valence-electron chi connectivity index (χ2n) is 5.28. The molecule has 0 aromatic carbocycles. The normalized spacial score (nSPS) is 18.1. The summed E-state index contributed by atoms with van der Waals surface area (Å²) in [6.07, 6.45) is 1.89. The second kappa shape index (κ2) is 3.30. The number of rotatable bonds is 1. The monoisotopic (exact) mass is 218 g/mol. The number of amides is 1. The molecule has 86 valence electrons. The summed E-state index contributed by atoms with van der Waals surface area (Å²) < 4.78 is 0. The number of hydrogen-bond acceptors (Lipinski definition) is 2. The van der Waals surface area contributed by atoms with E-state index in [1.165, 1.54) is 5.56 Å². The van der Waals surface area contributed by atoms with Crippen LogP contribution >= 0.6 is 0 Å². The maximum Gasteiger partial charge on any atom is 0.238 e. The number of carbonyl (C=O) groups excluding carboxylic acids is 1. The summed E-state index contributed by atoms with van der Waals surface area (Å²) in [6, 6.07) is 2.08. The summed E-state index contributed by atoms with van der Waals surface area (Å²) in [5.74, 6) is 0.556. The quantitative estimate of drug-likeness (QED) is 0.725. The molecule has 0 radical (unpaired) electrons. The molecule has 0 atom stereocenters. The van der Waals surface area contributed by atoms with Gasteiger partial charge in [-0.15, -0.1) is 0 Å². The van der Waals surface area contributed by atoms with Gasteiger partial charge in [-0.2, -0.15) is 0 Å². The van der Waals surface area contributed by atoms with Crippen LogP contribution in [0, 0.1) is 0 Å². The fourth-order valence-electron chi connectivity index (χ4n) is 2.15. The molecular formula is C13H18N2O. The number of likely N-dealkylation sites (N-methyl/N-ethyl adjacent to an activating group) is 1. The van der Waals surface area contributed by atoms with Gasteiger partial charge < -0.3 is 4.90 Å². The van der Waals surface area contributed by atoms with E-state index in [0.29, 0.717) is 5.92 Å². The van der Waals surface area contributed by atoms with Gasteiger partial charge in [0.15, 0.2) is 0 Å². The molecule has 16 heavy (non-hydrogen) atoms. The first-order chi connectivity index (χ1) is 7.35. The van der Waals surface area contributed by atoms with Crippen LogP contribution in [0.5, 0.6) is 0 Å². The minimum Gasteiger partial charge on any atom is -0.313 e. The molecule has 0 aliphatic carbocycles. The molecule has 0 spiro atoms. The summed E-state index contributed by atoms with van der Waals surface area (Å²) in [5.41, 5.74) is 2.54. The van der Waals surface area contributed by atoms with Crippen LogP contribution in [0.3, 0.4) is 0 Å². The van der Waals surface area contributed by atoms with Gasteiger partial charge in [-0.25, -0.2) is 0 Å². The van der Waals surface area contributed by atoms with E-state index >= 15 is 0 Å². The highest BCUT2D eigenvalue weighted by atomic mass is 16.2. The van der Waals surface area contributed by atoms with Crippen molar-refractivity contribution in [2.75, 3.05) is 11.9 Å². The largest absolute Gasteiger partial charge is 0.313 e. The Morgan fingerprint density at radius 1 is 1.38 bits per heavy atom. The van der Waals surface area contributed by atoms with Gasteiger partial charge in [-0.05, 0) is 31.4 Å². The van der Waals surface area contributed by atoms with E-state index in [4.69, 9.17) is 0 Å². The molecule has 0 fully saturated rings. The number of fused-ring (bicyclic) bond motifs is 1. The summed E-state index contributed by atoms with van der Waals surface area (Å²) >= 11 is 0. The van der Waals surface area contributed by atoms with E-state index in [0.717, 1.165) is 11.4 Å². The van der Waals surface area contributed by atoms with Crippen LogP contribution in [-0.4, -0.2) is 17.9 Å². The molecule has 0 saturated heterocycles. The molecule has 1 aromatic heterocycles. The van der Waals surface area contributed by atoms with E-state index in [2.05, 4.69) is 24.9 Å². The van der Waals surface area contributed by atoms with Crippen LogP contribution in [-0.2, 0) is 10.2 Å². The SMILES string of the molecule is CC(C)c1cnc2c(c1)N(C)C(=O)C2(C)C. The van der Waals surface area contributed by atoms with Crippen molar-refractivity contribution in [3.05, 3.63) is 23.5 Å². The fraction of sp³-hybridized carbons (Fsp3) is 0.538. The van der Waals surface area contributed by atoms with E-state index < -0.39 is 5.41 Å². The Morgan fingerprint density at radius 3 is 2.56 bits per heavy atom. The standard InChI is InChI=1S/C13H18N2O/c1-8(2)9-6-10-11(14-7-9)13(3,4)12(16)15(10)5/h6-8H,1-5H3. The van der Waals surface area contributed by atoms with Gasteiger partial charge in [-0.3, -0.25) is 9.78 Å². The molecule has 2 rings (SSSR count). The first kappa shape index (κ1) is 11.1. The molecule has 1 aliphatic heterocycles. The lowest BCUT2D eigenvalue weighted by molar-refractivity contribution is -0.121. The van der Waals surface area contributed by atoms with Crippen molar-refractivity contribution in [1.82, 2.24) is 4.98 Å². The first-order valence-electron chi connectivity index (χ1n) is 5.64. The van der Waals surface area contributed by atoms with Crippen LogP contribution in [0.2, 0.25) is 0 Å². The van der Waals surface area contributed by atoms with Gasteiger partial charge in [0.1, 0.15) is 0 Å². The zero-order valence-electron chi connectivity index (χ0n) is 10.5. The third kappa shape index (κ3) is 1.34. The summed E-state index contributed by atoms with van der Waals surface area (Å²) in [4.78, 5) is 18.2. The molecule has 1 aromatic rings. The Morgan fingerprint density at radius 2 is 2.00 bits per heavy atom. The van der Waals surface area contributed by atoms with Crippen molar-refractivity contribution < 1.29 is 4.79 Å². The van der Waals surface area contributed by atoms with Gasteiger partial charge in [-0.1, -0.05) is 13.8 Å². The average Bonchev–Trinajstić information content (AvgIpc) is 2.40. The highest BCUT2D eigenvalue weighted by Crippen LogP contribution is 2.40. The molecule has 0 saturated carbocycles. The van der Waals surface area contributed by atoms with E-state index in [1.807, 2.05) is 27.1 Å². The Kier molecular flexibility index (Phi) is 2.30. The minimum atomic E-state index is -0.487. The predicted molar refractivity (Wildman–Crippen MR) is 64.8 cm³/mol. The zero-order valence-corrected chi connectivity index (χ0v) is 10.5. The highest BCUT2D eigenvalue weighted by molar-refractivity contribution is 6.06. The van der Waals surface area contributed by atoms with E-state index in [9.17, 15) is 4.79 Å². The van der Waals surface area contributed by atoms with Crippen LogP contribution < -0.4 is 4.90 Å². The molecule has 0 N–H and O–H groups in total. The van der Waals surface area contributed by atoms with Gasteiger partial charge in [0.05, 0.1) is 16.8 Å². The molecule has 1 amide bonds. The summed E-state index contributed by atoms with van der Waals surface area (Å²) in [5, 5.41) is 0. The Labute approximate surface area is 96.5 Å². The van der Waals surface area contributed by atoms with Crippen LogP contribution in [0.1, 0.15) is 44.9 Å². The molecule has 0 bridgehead atoms. The first-order valence-corrected chi connectivity index (χ1v) is 5.64. The molecule has 1 aliphatic rings. The van der Waals surface area contributed by atoms with Crippen molar-refractivity contribution in [1.29, 1.82) is 0 Å². The van der Waals surface area contributed by atoms with Crippen molar-refractivity contribution in [2.24, 2.45) is 0 Å². The third-order valence-corrected chi connectivity index (χ3v) is 3.35. The van der Waals surface area contributed by atoms with Crippen molar-refractivity contribution in [3.8, 4) is 0 Å². The highest BCUT2D eigenvalue weighted by Gasteiger charge is 2.43. The van der Waals surface area contributed by atoms with Crippen molar-refractivity contribution in [2.45, 2.75) is 39.0 Å². The smallest absolute Gasteiger partial charge is 0.238 e. The van der Waals surface area contributed by atoms with Gasteiger partial charge >= 0.3 is 0 Å². The lowest BCUT2D eigenvalue weighted by atomic mass is 9.90. The summed E-state index contributed by atoms with van der Waals surface area (Å²) in [6.45, 7) is 8.12. The zero-order chi connectivity index (χ0) is 12.1. The van der Waals surface area contributed by atoms with Crippen molar-refractivity contribution >= 4 is 11.6 Å². The molecule has 3 heteroatoms. The van der Waals surface area contributed by atoms with Crippen LogP contribution in [0.25, 0.3) is 0 Å². The molecule has 3 nitrogen and oxygen atoms in total. The molecular weight excluding hydrogens is 200 g/mol. The maximum atomic E-state index is 12.1. The molecule has 2 heterocycles. The summed E-state index contributed by atoms with van der Waals surface area (Å²) in [7, 11) is 1.82. The van der Waals surface area contributed by atoms with Crippen LogP contribution in [0.4, 0.5) is 5.69 Å². The van der Waals surface area contributed by atoms with Gasteiger partial charge in [0.25, 0.3) is 0 Å². The Balaban J connectivity index is 2.59. The minimum absolute atomic E-state index is 0.121. The Bertz CT molecular complexity index is 449. The number of hydrogen-bond donors (Lipinski definition) is 0. The van der Waals surface area contributed by atoms with Gasteiger partial charge in [0, 0.05) is 13.2 Å². The van der Waals surface area contributed by atoms with E-state index in [-0.39, 0.29) is 5.91 Å². The molecule has 0 unspecified atom stereocenters. The Hall–Kier alpha value is -1.38. The third-order valence-electron chi connectivity index (χ3n) is 3.35. The van der Waals surface area contributed by atoms with E-state index in [1.54, 1.807) is 4.90 Å². The number of nitrogens with zero attached hydrogens (tertiary/aromatic N) is 2. The van der Waals surface area contributed by atoms with Crippen LogP contribution in [0.15, 0.2) is 12.3 Å². The lowest BCUT2D eigenvalue weighted by Gasteiger charge is -2.15. The van der Waals surface area contributed by atoms with Crippen molar-refractivity contribution in [3.63, 3.8) is 0 Å². The number of pyridine rings is 1.